The number of pyridine rings is 1. The summed E-state index contributed by atoms with van der Waals surface area (Å²) >= 11 is 0. The van der Waals surface area contributed by atoms with Gasteiger partial charge in [0.2, 0.25) is 15.8 Å². The molecule has 0 saturated carbocycles. The van der Waals surface area contributed by atoms with Crippen LogP contribution in [0.4, 0.5) is 4.79 Å². The Morgan fingerprint density at radius 3 is 1.82 bits per heavy atom. The highest BCUT2D eigenvalue weighted by Gasteiger charge is 2.38. The lowest BCUT2D eigenvalue weighted by molar-refractivity contribution is 0.0522. The van der Waals surface area contributed by atoms with Gasteiger partial charge in [0.1, 0.15) is 27.7 Å². The molecular weight excluding hydrogens is 899 g/mol. The van der Waals surface area contributed by atoms with E-state index >= 15 is 8.42 Å². The summed E-state index contributed by atoms with van der Waals surface area (Å²) in [5.41, 5.74) is 2.39. The predicted octanol–water partition coefficient (Wildman–Crippen LogP) is 8.00. The van der Waals surface area contributed by atoms with Gasteiger partial charge in [-0.3, -0.25) is 4.98 Å². The number of alkyl carbamates (subject to hydrolysis) is 1. The van der Waals surface area contributed by atoms with Crippen molar-refractivity contribution in [1.29, 1.82) is 0 Å². The van der Waals surface area contributed by atoms with E-state index in [9.17, 15) is 13.2 Å². The molecule has 350 valence electrons. The molecule has 0 saturated heterocycles. The number of amides is 1. The smallest absolute Gasteiger partial charge is 0.407 e. The number of hydrogen-bond donors (Lipinski definition) is 1. The van der Waals surface area contributed by atoms with Gasteiger partial charge in [-0.15, -0.1) is 10.2 Å². The molecule has 0 aliphatic carbocycles. The molecule has 2 aromatic heterocycles. The first-order valence-corrected chi connectivity index (χ1v) is 28.0. The van der Waals surface area contributed by atoms with Crippen LogP contribution in [-0.2, 0) is 50.8 Å². The van der Waals surface area contributed by atoms with Gasteiger partial charge < -0.3 is 24.3 Å². The number of aromatic nitrogens is 5. The highest BCUT2D eigenvalue weighted by Crippen LogP contribution is 2.42. The Balaban J connectivity index is 1.61. The van der Waals surface area contributed by atoms with Gasteiger partial charge in [0, 0.05) is 27.4 Å². The number of tetrazole rings is 1. The molecular formula is C47H57N7O9S2Si. The van der Waals surface area contributed by atoms with E-state index in [1.165, 1.54) is 21.4 Å². The van der Waals surface area contributed by atoms with Gasteiger partial charge in [0.15, 0.2) is 9.84 Å². The molecule has 66 heavy (non-hydrogen) atoms. The maximum absolute atomic E-state index is 16.0. The Morgan fingerprint density at radius 1 is 0.758 bits per heavy atom. The van der Waals surface area contributed by atoms with Crippen LogP contribution in [0.2, 0.25) is 25.7 Å². The van der Waals surface area contributed by atoms with Crippen molar-refractivity contribution in [3.8, 4) is 39.8 Å². The quantitative estimate of drug-likeness (QED) is 0.0769. The van der Waals surface area contributed by atoms with Crippen molar-refractivity contribution in [2.75, 3.05) is 27.1 Å². The zero-order valence-corrected chi connectivity index (χ0v) is 41.4. The Kier molecular flexibility index (Phi) is 15.4. The number of sulfone groups is 1. The van der Waals surface area contributed by atoms with E-state index in [1.807, 2.05) is 12.1 Å². The molecule has 16 nitrogen and oxygen atoms in total. The number of benzene rings is 4. The third-order valence-electron chi connectivity index (χ3n) is 10.3. The standard InChI is InChI=1S/C47H57N7O9S2Si/c1-47(2,3)63-46(55)49-29-37-28-36(24-25-48-37)41-22-23-42(64(56,57)26-27-66(7,8)9)44(43(41)45-50-52-54(51-45)32-35-14-20-40(62-6)21-15-35)65(58,59)53(30-33-10-16-38(60-4)17-11-33)31-34-12-18-39(61-5)19-13-34/h10-25,28H,26-27,29-32H2,1-9H3,(H,49,55). The first-order chi connectivity index (χ1) is 31.2. The zero-order valence-electron chi connectivity index (χ0n) is 38.7. The monoisotopic (exact) mass is 955 g/mol. The van der Waals surface area contributed by atoms with Gasteiger partial charge in [0.05, 0.1) is 56.3 Å². The molecule has 2 heterocycles. The first kappa shape index (κ1) is 49.3. The lowest BCUT2D eigenvalue weighted by atomic mass is 9.99. The van der Waals surface area contributed by atoms with Crippen molar-refractivity contribution in [2.45, 2.75) is 88.0 Å². The second kappa shape index (κ2) is 20.6. The number of carbonyl (C=O) groups is 1. The fourth-order valence-corrected chi connectivity index (χ4v) is 13.6. The van der Waals surface area contributed by atoms with E-state index in [2.05, 4.69) is 40.3 Å². The molecule has 1 amide bonds. The molecule has 0 unspecified atom stereocenters. The van der Waals surface area contributed by atoms with Crippen LogP contribution in [0.25, 0.3) is 22.5 Å². The summed E-state index contributed by atoms with van der Waals surface area (Å²) in [6.07, 6.45) is 0.870. The van der Waals surface area contributed by atoms with Gasteiger partial charge in [-0.05, 0) is 114 Å². The molecule has 0 bridgehead atoms. The second-order valence-electron chi connectivity index (χ2n) is 17.8. The van der Waals surface area contributed by atoms with Crippen molar-refractivity contribution in [2.24, 2.45) is 0 Å². The first-order valence-electron chi connectivity index (χ1n) is 21.2. The molecule has 0 aliphatic rings. The molecule has 6 aromatic rings. The van der Waals surface area contributed by atoms with E-state index < -0.39 is 44.5 Å². The average Bonchev–Trinajstić information content (AvgIpc) is 3.75. The molecule has 4 aromatic carbocycles. The number of ether oxygens (including phenoxy) is 4. The molecule has 0 spiro atoms. The third kappa shape index (κ3) is 12.8. The topological polar surface area (TPSA) is 194 Å². The van der Waals surface area contributed by atoms with Crippen LogP contribution in [0.5, 0.6) is 17.2 Å². The van der Waals surface area contributed by atoms with E-state index in [0.29, 0.717) is 45.7 Å². The number of nitrogens with zero attached hydrogens (tertiary/aromatic N) is 6. The van der Waals surface area contributed by atoms with E-state index in [4.69, 9.17) is 24.0 Å². The Morgan fingerprint density at radius 2 is 1.30 bits per heavy atom. The Labute approximate surface area is 388 Å². The SMILES string of the molecule is COc1ccc(CN(Cc2ccc(OC)cc2)S(=O)(=O)c2c(S(=O)(=O)CC[Si](C)(C)C)ccc(-c3ccnc(CNC(=O)OC(C)(C)C)c3)c2-c2nnn(Cc3ccc(OC)cc3)n2)cc1. The van der Waals surface area contributed by atoms with Crippen molar-refractivity contribution in [3.05, 3.63) is 126 Å². The molecule has 0 radical (unpaired) electrons. The summed E-state index contributed by atoms with van der Waals surface area (Å²) in [7, 11) is -6.44. The van der Waals surface area contributed by atoms with Crippen LogP contribution in [0.3, 0.4) is 0 Å². The fourth-order valence-electron chi connectivity index (χ4n) is 6.83. The highest BCUT2D eigenvalue weighted by molar-refractivity contribution is 7.93. The van der Waals surface area contributed by atoms with Crippen LogP contribution in [-0.4, -0.2) is 93.2 Å². The summed E-state index contributed by atoms with van der Waals surface area (Å²) in [4.78, 5) is 17.5. The Bertz CT molecular complexity index is 2800. The number of nitrogens with one attached hydrogen (secondary N) is 1. The predicted molar refractivity (Wildman–Crippen MR) is 254 cm³/mol. The normalized spacial score (nSPS) is 12.2. The molecule has 6 rings (SSSR count). The summed E-state index contributed by atoms with van der Waals surface area (Å²) in [6, 6.07) is 27.9. The molecule has 0 atom stereocenters. The lowest BCUT2D eigenvalue weighted by Gasteiger charge is -2.26. The van der Waals surface area contributed by atoms with E-state index in [1.54, 1.807) is 121 Å². The van der Waals surface area contributed by atoms with Crippen LogP contribution < -0.4 is 19.5 Å². The molecule has 19 heteroatoms. The van der Waals surface area contributed by atoms with Crippen molar-refractivity contribution in [3.63, 3.8) is 0 Å². The summed E-state index contributed by atoms with van der Waals surface area (Å²) < 4.78 is 84.5. The minimum atomic E-state index is -4.83. The number of methoxy groups -OCH3 is 3. The fraction of sp³-hybridized carbons (Fsp3) is 0.340. The maximum atomic E-state index is 16.0. The van der Waals surface area contributed by atoms with Crippen LogP contribution >= 0.6 is 0 Å². The third-order valence-corrected chi connectivity index (χ3v) is 16.2. The van der Waals surface area contributed by atoms with Crippen molar-refractivity contribution >= 4 is 34.0 Å². The molecule has 0 aliphatic heterocycles. The maximum Gasteiger partial charge on any atom is 0.407 e. The number of hydrogen-bond acceptors (Lipinski definition) is 13. The van der Waals surface area contributed by atoms with Gasteiger partial charge in [-0.25, -0.2) is 21.6 Å². The summed E-state index contributed by atoms with van der Waals surface area (Å²) in [5, 5.41) is 16.2. The van der Waals surface area contributed by atoms with Crippen LogP contribution in [0.15, 0.2) is 113 Å². The molecule has 1 N–H and O–H groups in total. The van der Waals surface area contributed by atoms with Gasteiger partial charge >= 0.3 is 6.09 Å². The van der Waals surface area contributed by atoms with Crippen LogP contribution in [0, 0.1) is 0 Å². The Hall–Kier alpha value is -6.15. The highest BCUT2D eigenvalue weighted by atomic mass is 32.2. The number of rotatable bonds is 19. The van der Waals surface area contributed by atoms with Gasteiger partial charge in [-0.2, -0.15) is 9.10 Å². The van der Waals surface area contributed by atoms with Crippen molar-refractivity contribution < 1.29 is 40.6 Å². The molecule has 0 fully saturated rings. The largest absolute Gasteiger partial charge is 0.497 e. The van der Waals surface area contributed by atoms with Crippen LogP contribution in [0.1, 0.15) is 43.2 Å². The van der Waals surface area contributed by atoms with Crippen molar-refractivity contribution in [1.82, 2.24) is 34.8 Å². The number of sulfonamides is 1. The van der Waals surface area contributed by atoms with E-state index in [0.717, 1.165) is 5.56 Å². The lowest BCUT2D eigenvalue weighted by Crippen LogP contribution is -2.32. The summed E-state index contributed by atoms with van der Waals surface area (Å²) in [6.45, 7) is 11.3. The van der Waals surface area contributed by atoms with E-state index in [-0.39, 0.29) is 53.8 Å². The minimum Gasteiger partial charge on any atom is -0.497 e. The zero-order chi connectivity index (χ0) is 47.9. The van der Waals surface area contributed by atoms with Gasteiger partial charge in [0.25, 0.3) is 0 Å². The average molecular weight is 956 g/mol. The number of carbonyl (C=O) groups excluding carboxylic acids is 1. The second-order valence-corrected chi connectivity index (χ2v) is 27.4. The minimum absolute atomic E-state index is 0.0276. The van der Waals surface area contributed by atoms with Gasteiger partial charge in [-0.1, -0.05) is 62.1 Å². The summed E-state index contributed by atoms with van der Waals surface area (Å²) in [5.74, 6) is 1.41.